The lowest BCUT2D eigenvalue weighted by Crippen LogP contribution is -2.48. The molecule has 0 spiro atoms. The summed E-state index contributed by atoms with van der Waals surface area (Å²) in [7, 11) is 1.85. The number of hydrogen-bond donors (Lipinski definition) is 0. The van der Waals surface area contributed by atoms with E-state index in [0.717, 1.165) is 24.2 Å². The number of amides is 1. The van der Waals surface area contributed by atoms with Gasteiger partial charge in [0.2, 0.25) is 0 Å². The fourth-order valence-electron chi connectivity index (χ4n) is 4.33. The van der Waals surface area contributed by atoms with Crippen LogP contribution in [0.25, 0.3) is 22.5 Å². The molecule has 0 bridgehead atoms. The van der Waals surface area contributed by atoms with Gasteiger partial charge >= 0.3 is 0 Å². The molecule has 7 nitrogen and oxygen atoms in total. The summed E-state index contributed by atoms with van der Waals surface area (Å²) in [5.74, 6) is 0.652. The average molecular weight is 415 g/mol. The van der Waals surface area contributed by atoms with E-state index in [9.17, 15) is 4.79 Å². The Balaban J connectivity index is 1.46. The molecule has 3 aromatic heterocycles. The Hall–Kier alpha value is -3.61. The molecular formula is C24H25N5O2. The molecule has 0 N–H and O–H groups in total. The molecule has 1 saturated heterocycles. The fourth-order valence-corrected chi connectivity index (χ4v) is 4.33. The number of benzene rings is 1. The zero-order chi connectivity index (χ0) is 21.5. The van der Waals surface area contributed by atoms with Gasteiger partial charge in [-0.05, 0) is 49.7 Å². The van der Waals surface area contributed by atoms with Gasteiger partial charge < -0.3 is 14.2 Å². The molecule has 7 heteroatoms. The summed E-state index contributed by atoms with van der Waals surface area (Å²) in [5.41, 5.74) is 5.22. The van der Waals surface area contributed by atoms with E-state index in [1.165, 1.54) is 11.3 Å². The first-order valence-electron chi connectivity index (χ1n) is 10.5. The molecule has 4 heterocycles. The molecule has 0 unspecified atom stereocenters. The summed E-state index contributed by atoms with van der Waals surface area (Å²) in [6, 6.07) is 14.0. The van der Waals surface area contributed by atoms with Crippen LogP contribution < -0.4 is 4.90 Å². The van der Waals surface area contributed by atoms with Crippen LogP contribution in [0.15, 0.2) is 53.1 Å². The van der Waals surface area contributed by atoms with Crippen molar-refractivity contribution < 1.29 is 9.21 Å². The van der Waals surface area contributed by atoms with Gasteiger partial charge in [-0.3, -0.25) is 9.48 Å². The molecule has 4 aromatic rings. The molecule has 1 amide bonds. The molecule has 1 aromatic carbocycles. The minimum atomic E-state index is 0.0141. The molecule has 158 valence electrons. The predicted molar refractivity (Wildman–Crippen MR) is 120 cm³/mol. The molecular weight excluding hydrogens is 390 g/mol. The van der Waals surface area contributed by atoms with E-state index in [2.05, 4.69) is 41.2 Å². The fraction of sp³-hybridized carbons (Fsp3) is 0.292. The first-order chi connectivity index (χ1) is 15.0. The van der Waals surface area contributed by atoms with Crippen LogP contribution in [0.2, 0.25) is 0 Å². The van der Waals surface area contributed by atoms with E-state index < -0.39 is 0 Å². The number of furan rings is 1. The van der Waals surface area contributed by atoms with Crippen molar-refractivity contribution in [3.8, 4) is 11.5 Å². The average Bonchev–Trinajstić information content (AvgIpc) is 3.41. The van der Waals surface area contributed by atoms with Gasteiger partial charge in [0.1, 0.15) is 5.69 Å². The van der Waals surface area contributed by atoms with Gasteiger partial charge in [-0.15, -0.1) is 0 Å². The van der Waals surface area contributed by atoms with Crippen LogP contribution >= 0.6 is 0 Å². The number of rotatable bonds is 3. The Bertz CT molecular complexity index is 1250. The topological polar surface area (TPSA) is 67.4 Å². The van der Waals surface area contributed by atoms with Crippen molar-refractivity contribution in [1.29, 1.82) is 0 Å². The van der Waals surface area contributed by atoms with Crippen LogP contribution in [0, 0.1) is 13.8 Å². The lowest BCUT2D eigenvalue weighted by molar-refractivity contribution is 0.0748. The number of pyridine rings is 1. The summed E-state index contributed by atoms with van der Waals surface area (Å²) < 4.78 is 7.27. The second kappa shape index (κ2) is 7.58. The highest BCUT2D eigenvalue weighted by Gasteiger charge is 2.26. The second-order valence-corrected chi connectivity index (χ2v) is 8.06. The van der Waals surface area contributed by atoms with Crippen LogP contribution in [0.5, 0.6) is 0 Å². The second-order valence-electron chi connectivity index (χ2n) is 8.06. The summed E-state index contributed by atoms with van der Waals surface area (Å²) >= 11 is 0. The van der Waals surface area contributed by atoms with Gasteiger partial charge in [0, 0.05) is 38.9 Å². The van der Waals surface area contributed by atoms with Crippen molar-refractivity contribution in [3.63, 3.8) is 0 Å². The number of aryl methyl sites for hydroxylation is 3. The third-order valence-electron chi connectivity index (χ3n) is 5.91. The maximum Gasteiger partial charge on any atom is 0.254 e. The smallest absolute Gasteiger partial charge is 0.254 e. The number of carbonyl (C=O) groups excluding carboxylic acids is 1. The van der Waals surface area contributed by atoms with E-state index >= 15 is 0 Å². The number of aromatic nitrogens is 3. The minimum Gasteiger partial charge on any atom is -0.463 e. The van der Waals surface area contributed by atoms with Gasteiger partial charge in [0.15, 0.2) is 11.4 Å². The van der Waals surface area contributed by atoms with Crippen molar-refractivity contribution >= 4 is 22.6 Å². The Kier molecular flexibility index (Phi) is 4.73. The van der Waals surface area contributed by atoms with E-state index in [1.807, 2.05) is 37.1 Å². The van der Waals surface area contributed by atoms with Gasteiger partial charge in [0.05, 0.1) is 22.9 Å². The number of hydrogen-bond acceptors (Lipinski definition) is 5. The maximum absolute atomic E-state index is 13.6. The highest BCUT2D eigenvalue weighted by Crippen LogP contribution is 2.28. The van der Waals surface area contributed by atoms with Crippen LogP contribution in [0.3, 0.4) is 0 Å². The number of nitrogens with zero attached hydrogens (tertiary/aromatic N) is 5. The Morgan fingerprint density at radius 3 is 2.55 bits per heavy atom. The van der Waals surface area contributed by atoms with Gasteiger partial charge in [-0.1, -0.05) is 12.1 Å². The van der Waals surface area contributed by atoms with Crippen molar-refractivity contribution in [2.24, 2.45) is 7.05 Å². The highest BCUT2D eigenvalue weighted by molar-refractivity contribution is 6.07. The normalized spacial score (nSPS) is 14.4. The first-order valence-corrected chi connectivity index (χ1v) is 10.5. The first kappa shape index (κ1) is 19.4. The predicted octanol–water partition coefficient (Wildman–Crippen LogP) is 3.81. The number of anilines is 1. The molecule has 31 heavy (non-hydrogen) atoms. The number of piperazine rings is 1. The Morgan fingerprint density at radius 1 is 1.03 bits per heavy atom. The molecule has 1 fully saturated rings. The van der Waals surface area contributed by atoms with Gasteiger partial charge in [-0.2, -0.15) is 5.10 Å². The molecule has 1 aliphatic rings. The number of carbonyl (C=O) groups is 1. The third-order valence-corrected chi connectivity index (χ3v) is 5.91. The molecule has 0 atom stereocenters. The van der Waals surface area contributed by atoms with Crippen molar-refractivity contribution in [2.75, 3.05) is 31.1 Å². The Labute approximate surface area is 180 Å². The summed E-state index contributed by atoms with van der Waals surface area (Å²) in [5, 5.41) is 5.31. The monoisotopic (exact) mass is 415 g/mol. The van der Waals surface area contributed by atoms with Crippen molar-refractivity contribution in [2.45, 2.75) is 13.8 Å². The maximum atomic E-state index is 13.6. The summed E-state index contributed by atoms with van der Waals surface area (Å²) in [6.07, 6.45) is 1.61. The summed E-state index contributed by atoms with van der Waals surface area (Å²) in [4.78, 5) is 22.6. The molecule has 0 radical (unpaired) electrons. The minimum absolute atomic E-state index is 0.0141. The zero-order valence-corrected chi connectivity index (χ0v) is 18.0. The standard InChI is InChI=1S/C24H25N5O2/c1-16-6-4-7-18(14-16)28-9-11-29(12-10-28)24(30)19-15-20(21-8-5-13-31-21)25-23-22(19)17(2)26-27(23)3/h4-8,13-15H,9-12H2,1-3H3. The summed E-state index contributed by atoms with van der Waals surface area (Å²) in [6.45, 7) is 6.98. The van der Waals surface area contributed by atoms with E-state index in [0.29, 0.717) is 35.8 Å². The lowest BCUT2D eigenvalue weighted by atomic mass is 10.1. The number of fused-ring (bicyclic) bond motifs is 1. The van der Waals surface area contributed by atoms with Crippen LogP contribution in [-0.2, 0) is 7.05 Å². The quantitative estimate of drug-likeness (QED) is 0.509. The molecule has 5 rings (SSSR count). The van der Waals surface area contributed by atoms with Crippen molar-refractivity contribution in [3.05, 3.63) is 65.5 Å². The third kappa shape index (κ3) is 3.46. The van der Waals surface area contributed by atoms with E-state index in [-0.39, 0.29) is 5.91 Å². The lowest BCUT2D eigenvalue weighted by Gasteiger charge is -2.36. The largest absolute Gasteiger partial charge is 0.463 e. The van der Waals surface area contributed by atoms with Gasteiger partial charge in [-0.25, -0.2) is 4.98 Å². The van der Waals surface area contributed by atoms with E-state index in [1.54, 1.807) is 10.9 Å². The van der Waals surface area contributed by atoms with Crippen LogP contribution in [-0.4, -0.2) is 51.8 Å². The highest BCUT2D eigenvalue weighted by atomic mass is 16.3. The Morgan fingerprint density at radius 2 is 1.84 bits per heavy atom. The van der Waals surface area contributed by atoms with Gasteiger partial charge in [0.25, 0.3) is 5.91 Å². The SMILES string of the molecule is Cc1cccc(N2CCN(C(=O)c3cc(-c4ccco4)nc4c3c(C)nn4C)CC2)c1. The molecule has 1 aliphatic heterocycles. The van der Waals surface area contributed by atoms with Crippen molar-refractivity contribution in [1.82, 2.24) is 19.7 Å². The van der Waals surface area contributed by atoms with E-state index in [4.69, 9.17) is 9.40 Å². The van der Waals surface area contributed by atoms with Crippen LogP contribution in [0.1, 0.15) is 21.6 Å². The molecule has 0 saturated carbocycles. The van der Waals surface area contributed by atoms with Crippen LogP contribution in [0.4, 0.5) is 5.69 Å². The molecule has 0 aliphatic carbocycles. The zero-order valence-electron chi connectivity index (χ0n) is 18.0.